The van der Waals surface area contributed by atoms with Gasteiger partial charge in [0.15, 0.2) is 5.75 Å². The fraction of sp³-hybridized carbons (Fsp3) is 0. The number of carboxylic acid groups (broad SMARTS) is 1. The van der Waals surface area contributed by atoms with E-state index in [1.54, 1.807) is 24.3 Å². The highest BCUT2D eigenvalue weighted by Gasteiger charge is 2.14. The molecule has 0 amide bonds. The summed E-state index contributed by atoms with van der Waals surface area (Å²) in [6.07, 6.45) is 0. The number of nitrogens with two attached hydrogens (primary N) is 1. The number of rotatable bonds is 1. The van der Waals surface area contributed by atoms with Crippen molar-refractivity contribution in [2.24, 2.45) is 0 Å². The number of aromatic carboxylic acids is 1. The summed E-state index contributed by atoms with van der Waals surface area (Å²) in [5.74, 6) is -1.56. The Labute approximate surface area is 85.6 Å². The zero-order valence-corrected chi connectivity index (χ0v) is 7.77. The minimum Gasteiger partial charge on any atom is -0.505 e. The third-order valence-corrected chi connectivity index (χ3v) is 2.29. The second kappa shape index (κ2) is 3.16. The van der Waals surface area contributed by atoms with Crippen LogP contribution in [0.15, 0.2) is 30.3 Å². The van der Waals surface area contributed by atoms with Crippen molar-refractivity contribution in [3.63, 3.8) is 0 Å². The lowest BCUT2D eigenvalue weighted by Gasteiger charge is -2.07. The highest BCUT2D eigenvalue weighted by atomic mass is 16.4. The molecule has 0 heterocycles. The molecule has 15 heavy (non-hydrogen) atoms. The largest absolute Gasteiger partial charge is 0.505 e. The molecule has 0 atom stereocenters. The summed E-state index contributed by atoms with van der Waals surface area (Å²) in [7, 11) is 0. The molecule has 4 N–H and O–H groups in total. The maximum atomic E-state index is 10.8. The number of carbonyl (C=O) groups is 1. The molecule has 0 unspecified atom stereocenters. The molecule has 2 aromatic carbocycles. The van der Waals surface area contributed by atoms with Crippen molar-refractivity contribution in [3.05, 3.63) is 35.9 Å². The molecule has 4 nitrogen and oxygen atoms in total. The van der Waals surface area contributed by atoms with Crippen LogP contribution in [0.3, 0.4) is 0 Å². The molecule has 2 rings (SSSR count). The topological polar surface area (TPSA) is 83.5 Å². The predicted molar refractivity (Wildman–Crippen MR) is 57.0 cm³/mol. The van der Waals surface area contributed by atoms with E-state index in [1.807, 2.05) is 0 Å². The van der Waals surface area contributed by atoms with Crippen molar-refractivity contribution in [3.8, 4) is 5.75 Å². The highest BCUT2D eigenvalue weighted by molar-refractivity contribution is 6.04. The SMILES string of the molecule is Nc1c(O)c(C(=O)O)cc2ccccc12. The Morgan fingerprint density at radius 2 is 1.93 bits per heavy atom. The maximum absolute atomic E-state index is 10.8. The zero-order chi connectivity index (χ0) is 11.0. The van der Waals surface area contributed by atoms with Gasteiger partial charge in [0.25, 0.3) is 0 Å². The molecule has 0 aliphatic carbocycles. The summed E-state index contributed by atoms with van der Waals surface area (Å²) < 4.78 is 0. The molecule has 0 radical (unpaired) electrons. The quantitative estimate of drug-likeness (QED) is 0.487. The third kappa shape index (κ3) is 1.36. The van der Waals surface area contributed by atoms with Gasteiger partial charge in [0.1, 0.15) is 5.56 Å². The first-order valence-corrected chi connectivity index (χ1v) is 4.34. The third-order valence-electron chi connectivity index (χ3n) is 2.29. The van der Waals surface area contributed by atoms with E-state index in [-0.39, 0.29) is 17.0 Å². The van der Waals surface area contributed by atoms with Crippen LogP contribution in [0.2, 0.25) is 0 Å². The Kier molecular flexibility index (Phi) is 1.97. The van der Waals surface area contributed by atoms with Gasteiger partial charge in [-0.15, -0.1) is 0 Å². The number of nitrogen functional groups attached to an aromatic ring is 1. The van der Waals surface area contributed by atoms with Crippen LogP contribution < -0.4 is 5.73 Å². The molecule has 76 valence electrons. The van der Waals surface area contributed by atoms with Gasteiger partial charge < -0.3 is 15.9 Å². The molecule has 2 aromatic rings. The fourth-order valence-electron chi connectivity index (χ4n) is 1.53. The lowest BCUT2D eigenvalue weighted by atomic mass is 10.0. The van der Waals surface area contributed by atoms with Crippen LogP contribution in [0.5, 0.6) is 5.75 Å². The number of carboxylic acids is 1. The Morgan fingerprint density at radius 3 is 2.60 bits per heavy atom. The summed E-state index contributed by atoms with van der Waals surface area (Å²) in [6.45, 7) is 0. The zero-order valence-electron chi connectivity index (χ0n) is 7.77. The van der Waals surface area contributed by atoms with Gasteiger partial charge in [-0.3, -0.25) is 0 Å². The second-order valence-corrected chi connectivity index (χ2v) is 3.21. The summed E-state index contributed by atoms with van der Waals surface area (Å²) in [6, 6.07) is 8.44. The standard InChI is InChI=1S/C11H9NO3/c12-9-7-4-2-1-3-6(7)5-8(10(9)13)11(14)15/h1-5,13H,12H2,(H,14,15). The van der Waals surface area contributed by atoms with Crippen LogP contribution >= 0.6 is 0 Å². The molecule has 4 heteroatoms. The first kappa shape index (κ1) is 9.33. The minimum absolute atomic E-state index is 0.102. The van der Waals surface area contributed by atoms with Gasteiger partial charge in [-0.05, 0) is 11.5 Å². The van der Waals surface area contributed by atoms with Crippen molar-refractivity contribution in [1.29, 1.82) is 0 Å². The van der Waals surface area contributed by atoms with Crippen molar-refractivity contribution in [1.82, 2.24) is 0 Å². The summed E-state index contributed by atoms with van der Waals surface area (Å²) in [4.78, 5) is 10.8. The van der Waals surface area contributed by atoms with Gasteiger partial charge in [0.2, 0.25) is 0 Å². The lowest BCUT2D eigenvalue weighted by Crippen LogP contribution is -2.00. The van der Waals surface area contributed by atoms with Gasteiger partial charge in [-0.1, -0.05) is 24.3 Å². The summed E-state index contributed by atoms with van der Waals surface area (Å²) in [5, 5.41) is 19.7. The number of aromatic hydroxyl groups is 1. The van der Waals surface area contributed by atoms with E-state index in [0.29, 0.717) is 10.8 Å². The van der Waals surface area contributed by atoms with E-state index in [2.05, 4.69) is 0 Å². The Bertz CT molecular complexity index is 549. The molecule has 0 spiro atoms. The molecule has 0 aliphatic heterocycles. The average Bonchev–Trinajstić information content (AvgIpc) is 2.23. The van der Waals surface area contributed by atoms with E-state index < -0.39 is 5.97 Å². The molecule has 0 aliphatic rings. The van der Waals surface area contributed by atoms with Crippen molar-refractivity contribution in [2.75, 3.05) is 5.73 Å². The molecule has 0 bridgehead atoms. The van der Waals surface area contributed by atoms with Crippen LogP contribution in [0.25, 0.3) is 10.8 Å². The summed E-state index contributed by atoms with van der Waals surface area (Å²) >= 11 is 0. The van der Waals surface area contributed by atoms with Crippen LogP contribution in [0.4, 0.5) is 5.69 Å². The van der Waals surface area contributed by atoms with E-state index in [0.717, 1.165) is 0 Å². The van der Waals surface area contributed by atoms with E-state index in [1.165, 1.54) is 6.07 Å². The van der Waals surface area contributed by atoms with Crippen molar-refractivity contribution in [2.45, 2.75) is 0 Å². The van der Waals surface area contributed by atoms with Gasteiger partial charge >= 0.3 is 5.97 Å². The molecular weight excluding hydrogens is 194 g/mol. The molecular formula is C11H9NO3. The van der Waals surface area contributed by atoms with Crippen LogP contribution in [0, 0.1) is 0 Å². The van der Waals surface area contributed by atoms with Gasteiger partial charge in [0, 0.05) is 5.39 Å². The monoisotopic (exact) mass is 203 g/mol. The Balaban J connectivity index is 2.88. The highest BCUT2D eigenvalue weighted by Crippen LogP contribution is 2.33. The minimum atomic E-state index is -1.19. The number of hydrogen-bond donors (Lipinski definition) is 3. The van der Waals surface area contributed by atoms with Gasteiger partial charge in [-0.25, -0.2) is 4.79 Å². The Hall–Kier alpha value is -2.23. The average molecular weight is 203 g/mol. The molecule has 0 fully saturated rings. The lowest BCUT2D eigenvalue weighted by molar-refractivity contribution is 0.0694. The predicted octanol–water partition coefficient (Wildman–Crippen LogP) is 1.83. The molecule has 0 aromatic heterocycles. The van der Waals surface area contributed by atoms with Gasteiger partial charge in [0.05, 0.1) is 5.69 Å². The van der Waals surface area contributed by atoms with Gasteiger partial charge in [-0.2, -0.15) is 0 Å². The number of benzene rings is 2. The van der Waals surface area contributed by atoms with Crippen LogP contribution in [-0.2, 0) is 0 Å². The fourth-order valence-corrected chi connectivity index (χ4v) is 1.53. The Morgan fingerprint density at radius 1 is 1.27 bits per heavy atom. The van der Waals surface area contributed by atoms with E-state index in [9.17, 15) is 9.90 Å². The first-order valence-electron chi connectivity index (χ1n) is 4.34. The molecule has 0 saturated carbocycles. The van der Waals surface area contributed by atoms with E-state index in [4.69, 9.17) is 10.8 Å². The maximum Gasteiger partial charge on any atom is 0.339 e. The van der Waals surface area contributed by atoms with E-state index >= 15 is 0 Å². The summed E-state index contributed by atoms with van der Waals surface area (Å²) in [5.41, 5.74) is 5.57. The smallest absolute Gasteiger partial charge is 0.339 e. The van der Waals surface area contributed by atoms with Crippen molar-refractivity contribution >= 4 is 22.4 Å². The van der Waals surface area contributed by atoms with Crippen molar-refractivity contribution < 1.29 is 15.0 Å². The number of anilines is 1. The second-order valence-electron chi connectivity index (χ2n) is 3.21. The first-order chi connectivity index (χ1) is 7.11. The number of phenols is 1. The number of hydrogen-bond acceptors (Lipinski definition) is 3. The van der Waals surface area contributed by atoms with Crippen LogP contribution in [0.1, 0.15) is 10.4 Å². The number of fused-ring (bicyclic) bond motifs is 1. The molecule has 0 saturated heterocycles. The normalized spacial score (nSPS) is 10.4. The van der Waals surface area contributed by atoms with Crippen LogP contribution in [-0.4, -0.2) is 16.2 Å².